The molecule has 5 nitrogen and oxygen atoms in total. The molecule has 0 N–H and O–H groups in total. The first-order valence-corrected chi connectivity index (χ1v) is 5.15. The first-order valence-electron chi connectivity index (χ1n) is 5.15. The van der Waals surface area contributed by atoms with Crippen LogP contribution in [0.1, 0.15) is 19.4 Å². The first kappa shape index (κ1) is 12.9. The molecule has 0 fully saturated rings. The van der Waals surface area contributed by atoms with E-state index in [1.807, 2.05) is 0 Å². The number of allylic oxidation sites excluding steroid dienone is 1. The summed E-state index contributed by atoms with van der Waals surface area (Å²) in [5.74, 6) is -0.497. The fraction of sp³-hybridized carbons (Fsp3) is 0.250. The van der Waals surface area contributed by atoms with Gasteiger partial charge in [-0.1, -0.05) is 12.1 Å². The van der Waals surface area contributed by atoms with Gasteiger partial charge < -0.3 is 4.74 Å². The minimum Gasteiger partial charge on any atom is -0.463 e. The predicted molar refractivity (Wildman–Crippen MR) is 63.4 cm³/mol. The molecule has 0 aromatic heterocycles. The number of rotatable bonds is 4. The number of hydrogen-bond donors (Lipinski definition) is 0. The maximum Gasteiger partial charge on any atom is 0.331 e. The number of ether oxygens (including phenoxy) is 1. The Labute approximate surface area is 98.9 Å². The molecule has 0 aliphatic rings. The molecule has 0 radical (unpaired) electrons. The number of hydrogen-bond acceptors (Lipinski definition) is 4. The number of nitro groups is 1. The molecule has 0 unspecified atom stereocenters. The molecule has 5 heteroatoms. The van der Waals surface area contributed by atoms with Crippen molar-refractivity contribution in [1.29, 1.82) is 0 Å². The number of nitrogens with zero attached hydrogens (tertiary/aromatic N) is 1. The molecule has 0 aliphatic heterocycles. The second-order valence-corrected chi connectivity index (χ2v) is 3.35. The van der Waals surface area contributed by atoms with Gasteiger partial charge in [-0.2, -0.15) is 0 Å². The average Bonchev–Trinajstić information content (AvgIpc) is 2.29. The van der Waals surface area contributed by atoms with Crippen molar-refractivity contribution < 1.29 is 14.5 Å². The smallest absolute Gasteiger partial charge is 0.331 e. The molecule has 90 valence electrons. The highest BCUT2D eigenvalue weighted by molar-refractivity contribution is 5.92. The molecular formula is C12H13NO4. The molecule has 0 bridgehead atoms. The molecular weight excluding hydrogens is 222 g/mol. The predicted octanol–water partition coefficient (Wildman–Crippen LogP) is 2.56. The zero-order valence-electron chi connectivity index (χ0n) is 9.67. The van der Waals surface area contributed by atoms with Crippen LogP contribution in [0, 0.1) is 10.1 Å². The van der Waals surface area contributed by atoms with E-state index in [9.17, 15) is 14.9 Å². The highest BCUT2D eigenvalue weighted by atomic mass is 16.6. The summed E-state index contributed by atoms with van der Waals surface area (Å²) in [6.45, 7) is 3.62. The molecule has 1 aromatic rings. The van der Waals surface area contributed by atoms with Crippen molar-refractivity contribution in [2.75, 3.05) is 6.61 Å². The number of para-hydroxylation sites is 1. The van der Waals surface area contributed by atoms with Gasteiger partial charge in [0.15, 0.2) is 0 Å². The third kappa shape index (κ3) is 3.41. The van der Waals surface area contributed by atoms with Crippen LogP contribution >= 0.6 is 0 Å². The molecule has 0 amide bonds. The number of carbonyl (C=O) groups is 1. The van der Waals surface area contributed by atoms with Crippen molar-refractivity contribution in [3.8, 4) is 0 Å². The van der Waals surface area contributed by atoms with Gasteiger partial charge in [-0.15, -0.1) is 0 Å². The minimum absolute atomic E-state index is 0.0226. The Hall–Kier alpha value is -2.17. The standard InChI is InChI=1S/C12H13NO4/c1-3-17-12(14)8-9(2)10-6-4-5-7-11(10)13(15)16/h4-8H,3H2,1-2H3. The first-order chi connectivity index (χ1) is 8.06. The molecule has 0 spiro atoms. The van der Waals surface area contributed by atoms with Crippen LogP contribution in [0.4, 0.5) is 5.69 Å². The lowest BCUT2D eigenvalue weighted by Gasteiger charge is -2.03. The summed E-state index contributed by atoms with van der Waals surface area (Å²) < 4.78 is 4.75. The van der Waals surface area contributed by atoms with E-state index < -0.39 is 10.9 Å². The average molecular weight is 235 g/mol. The normalized spacial score (nSPS) is 11.1. The summed E-state index contributed by atoms with van der Waals surface area (Å²) >= 11 is 0. The molecule has 17 heavy (non-hydrogen) atoms. The molecule has 0 heterocycles. The summed E-state index contributed by atoms with van der Waals surface area (Å²) in [7, 11) is 0. The van der Waals surface area contributed by atoms with Gasteiger partial charge in [0.1, 0.15) is 0 Å². The van der Waals surface area contributed by atoms with E-state index in [1.54, 1.807) is 32.0 Å². The van der Waals surface area contributed by atoms with Gasteiger partial charge in [-0.3, -0.25) is 10.1 Å². The van der Waals surface area contributed by atoms with Crippen LogP contribution in [0.2, 0.25) is 0 Å². The summed E-state index contributed by atoms with van der Waals surface area (Å²) in [5.41, 5.74) is 0.909. The molecule has 0 atom stereocenters. The topological polar surface area (TPSA) is 69.4 Å². The van der Waals surface area contributed by atoms with Gasteiger partial charge in [-0.05, 0) is 25.5 Å². The third-order valence-corrected chi connectivity index (χ3v) is 2.15. The Kier molecular flexibility index (Phi) is 4.39. The summed E-state index contributed by atoms with van der Waals surface area (Å²) in [6, 6.07) is 6.27. The summed E-state index contributed by atoms with van der Waals surface area (Å²) in [4.78, 5) is 21.6. The zero-order chi connectivity index (χ0) is 12.8. The van der Waals surface area contributed by atoms with E-state index in [0.717, 1.165) is 0 Å². The maximum absolute atomic E-state index is 11.2. The Balaban J connectivity index is 3.07. The van der Waals surface area contributed by atoms with E-state index in [0.29, 0.717) is 11.1 Å². The van der Waals surface area contributed by atoms with Gasteiger partial charge in [0.05, 0.1) is 17.1 Å². The van der Waals surface area contributed by atoms with Crippen LogP contribution < -0.4 is 0 Å². The Morgan fingerprint density at radius 1 is 1.47 bits per heavy atom. The lowest BCUT2D eigenvalue weighted by atomic mass is 10.1. The van der Waals surface area contributed by atoms with Crippen molar-refractivity contribution in [1.82, 2.24) is 0 Å². The van der Waals surface area contributed by atoms with Gasteiger partial charge in [0.25, 0.3) is 5.69 Å². The van der Waals surface area contributed by atoms with Crippen molar-refractivity contribution in [2.45, 2.75) is 13.8 Å². The number of benzene rings is 1. The maximum atomic E-state index is 11.2. The van der Waals surface area contributed by atoms with E-state index in [-0.39, 0.29) is 12.3 Å². The van der Waals surface area contributed by atoms with Gasteiger partial charge >= 0.3 is 5.97 Å². The van der Waals surface area contributed by atoms with Crippen molar-refractivity contribution >= 4 is 17.2 Å². The molecule has 1 aromatic carbocycles. The van der Waals surface area contributed by atoms with Gasteiger partial charge in [0, 0.05) is 12.1 Å². The Morgan fingerprint density at radius 2 is 2.12 bits per heavy atom. The fourth-order valence-electron chi connectivity index (χ4n) is 1.40. The van der Waals surface area contributed by atoms with Gasteiger partial charge in [-0.25, -0.2) is 4.79 Å². The van der Waals surface area contributed by atoms with Crippen molar-refractivity contribution in [2.24, 2.45) is 0 Å². The van der Waals surface area contributed by atoms with Crippen molar-refractivity contribution in [3.63, 3.8) is 0 Å². The molecule has 0 saturated carbocycles. The fourth-order valence-corrected chi connectivity index (χ4v) is 1.40. The minimum atomic E-state index is -0.497. The number of nitro benzene ring substituents is 1. The summed E-state index contributed by atoms with van der Waals surface area (Å²) in [5, 5.41) is 10.8. The second-order valence-electron chi connectivity index (χ2n) is 3.35. The second kappa shape index (κ2) is 5.79. The molecule has 1 rings (SSSR count). The van der Waals surface area contributed by atoms with Crippen molar-refractivity contribution in [3.05, 3.63) is 46.0 Å². The Morgan fingerprint density at radius 3 is 2.71 bits per heavy atom. The lowest BCUT2D eigenvalue weighted by molar-refractivity contribution is -0.385. The molecule has 0 aliphatic carbocycles. The number of esters is 1. The van der Waals surface area contributed by atoms with E-state index in [4.69, 9.17) is 4.74 Å². The van der Waals surface area contributed by atoms with Crippen LogP contribution in [0.5, 0.6) is 0 Å². The van der Waals surface area contributed by atoms with Crippen LogP contribution in [0.25, 0.3) is 5.57 Å². The molecule has 0 saturated heterocycles. The van der Waals surface area contributed by atoms with Crippen LogP contribution in [-0.4, -0.2) is 17.5 Å². The van der Waals surface area contributed by atoms with Gasteiger partial charge in [0.2, 0.25) is 0 Å². The van der Waals surface area contributed by atoms with Crippen LogP contribution in [0.15, 0.2) is 30.3 Å². The van der Waals surface area contributed by atoms with E-state index >= 15 is 0 Å². The monoisotopic (exact) mass is 235 g/mol. The zero-order valence-corrected chi connectivity index (χ0v) is 9.67. The van der Waals surface area contributed by atoms with E-state index in [1.165, 1.54) is 12.1 Å². The highest BCUT2D eigenvalue weighted by Crippen LogP contribution is 2.25. The van der Waals surface area contributed by atoms with Crippen LogP contribution in [0.3, 0.4) is 0 Å². The lowest BCUT2D eigenvalue weighted by Crippen LogP contribution is -2.01. The Bertz CT molecular complexity index is 465. The highest BCUT2D eigenvalue weighted by Gasteiger charge is 2.14. The quantitative estimate of drug-likeness (QED) is 0.348. The largest absolute Gasteiger partial charge is 0.463 e. The number of carbonyl (C=O) groups excluding carboxylic acids is 1. The van der Waals surface area contributed by atoms with E-state index in [2.05, 4.69) is 0 Å². The van der Waals surface area contributed by atoms with Crippen LogP contribution in [-0.2, 0) is 9.53 Å². The third-order valence-electron chi connectivity index (χ3n) is 2.15. The SMILES string of the molecule is CCOC(=O)C=C(C)c1ccccc1[N+](=O)[O-]. The summed E-state index contributed by atoms with van der Waals surface area (Å²) in [6.07, 6.45) is 1.26.